The molecular weight excluding hydrogens is 610 g/mol. The van der Waals surface area contributed by atoms with E-state index in [-0.39, 0.29) is 42.6 Å². The van der Waals surface area contributed by atoms with E-state index in [1.54, 1.807) is 0 Å². The van der Waals surface area contributed by atoms with Crippen molar-refractivity contribution in [3.63, 3.8) is 0 Å². The zero-order valence-corrected chi connectivity index (χ0v) is 28.2. The highest BCUT2D eigenvalue weighted by atomic mass is 19.1. The van der Waals surface area contributed by atoms with Crippen molar-refractivity contribution in [1.29, 1.82) is 0 Å². The van der Waals surface area contributed by atoms with Crippen LogP contribution in [0.25, 0.3) is 0 Å². The largest absolute Gasteiger partial charge is 0.554 e. The van der Waals surface area contributed by atoms with Crippen LogP contribution in [-0.4, -0.2) is 105 Å². The molecule has 0 unspecified atom stereocenters. The molecule has 0 saturated carbocycles. The number of rotatable bonds is 15. The van der Waals surface area contributed by atoms with Crippen LogP contribution in [0.3, 0.4) is 0 Å². The minimum atomic E-state index is -0.794. The molecule has 2 saturated heterocycles. The van der Waals surface area contributed by atoms with Crippen LogP contribution in [0.15, 0.2) is 24.5 Å². The van der Waals surface area contributed by atoms with Crippen LogP contribution in [0.4, 0.5) is 14.7 Å². The standard InChI is InChI=1S/C33H48F2N6O3.CH2O2/c1-5-8-25-20-37-33(38-21-25)39-13-10-24(11-14-39)9-6-16-44-27-17-29(34)28(30(35)18-27)19-31(42)40-22-26(23-40)32(43)36-12-7-15-41(2,3)4;2-1-3/h17-18,20-21,24,26H,5-16,19,22-23H2,1-4H3;1H,(H,2,3). The van der Waals surface area contributed by atoms with Crippen molar-refractivity contribution in [3.8, 4) is 5.75 Å². The molecule has 47 heavy (non-hydrogen) atoms. The van der Waals surface area contributed by atoms with Gasteiger partial charge in [0.2, 0.25) is 17.8 Å². The van der Waals surface area contributed by atoms with Crippen LogP contribution in [0.2, 0.25) is 0 Å². The number of hydrogen-bond acceptors (Lipinski definition) is 8. The Balaban J connectivity index is 0.00000192. The Bertz CT molecular complexity index is 1270. The lowest BCUT2D eigenvalue weighted by atomic mass is 9.92. The molecule has 1 aromatic heterocycles. The summed E-state index contributed by atoms with van der Waals surface area (Å²) in [6.07, 6.45) is 10.3. The van der Waals surface area contributed by atoms with Gasteiger partial charge in [0.15, 0.2) is 0 Å². The number of aromatic nitrogens is 2. The Kier molecular flexibility index (Phi) is 14.8. The van der Waals surface area contributed by atoms with Crippen molar-refractivity contribution < 1.29 is 37.5 Å². The van der Waals surface area contributed by atoms with Crippen LogP contribution in [0.5, 0.6) is 5.75 Å². The lowest BCUT2D eigenvalue weighted by Crippen LogP contribution is -2.56. The Hall–Kier alpha value is -3.87. The number of halogens is 2. The molecule has 0 atom stereocenters. The Morgan fingerprint density at radius 1 is 1.09 bits per heavy atom. The summed E-state index contributed by atoms with van der Waals surface area (Å²) >= 11 is 0. The fourth-order valence-corrected chi connectivity index (χ4v) is 5.77. The van der Waals surface area contributed by atoms with Gasteiger partial charge in [0, 0.05) is 75.7 Å². The number of hydrogen-bond donors (Lipinski definition) is 1. The highest BCUT2D eigenvalue weighted by molar-refractivity contribution is 5.85. The van der Waals surface area contributed by atoms with E-state index in [2.05, 4.69) is 48.3 Å². The van der Waals surface area contributed by atoms with E-state index in [1.165, 1.54) is 10.5 Å². The molecule has 3 heterocycles. The number of carbonyl (C=O) groups excluding carboxylic acids is 3. The fraction of sp³-hybridized carbons (Fsp3) is 0.618. The van der Waals surface area contributed by atoms with E-state index in [0.29, 0.717) is 19.1 Å². The number of likely N-dealkylation sites (tertiary alicyclic amines) is 1. The number of nitrogens with zero attached hydrogens (tertiary/aromatic N) is 5. The summed E-state index contributed by atoms with van der Waals surface area (Å²) in [7, 11) is 6.29. The molecule has 2 fully saturated rings. The predicted octanol–water partition coefficient (Wildman–Crippen LogP) is 2.36. The molecule has 1 N–H and O–H groups in total. The van der Waals surface area contributed by atoms with Gasteiger partial charge in [-0.15, -0.1) is 0 Å². The van der Waals surface area contributed by atoms with Gasteiger partial charge in [0.25, 0.3) is 0 Å². The van der Waals surface area contributed by atoms with Crippen LogP contribution < -0.4 is 20.1 Å². The van der Waals surface area contributed by atoms with Gasteiger partial charge in [-0.3, -0.25) is 9.59 Å². The lowest BCUT2D eigenvalue weighted by Gasteiger charge is -2.38. The second-order valence-electron chi connectivity index (χ2n) is 13.4. The van der Waals surface area contributed by atoms with E-state index in [0.717, 1.165) is 87.1 Å². The van der Waals surface area contributed by atoms with Gasteiger partial charge in [-0.1, -0.05) is 13.3 Å². The zero-order valence-electron chi connectivity index (χ0n) is 28.2. The number of amides is 2. The summed E-state index contributed by atoms with van der Waals surface area (Å²) in [4.78, 5) is 46.0. The first kappa shape index (κ1) is 37.6. The summed E-state index contributed by atoms with van der Waals surface area (Å²) in [6.45, 7) is 5.91. The molecule has 2 amide bonds. The SMILES string of the molecule is CCCc1cnc(N2CCC(CCCOc3cc(F)c(CC(=O)N4CC(C(=O)NCCC[N+](C)(C)C)C4)c(F)c3)CC2)nc1.O=C[O-]. The molecule has 0 radical (unpaired) electrons. The third-order valence-electron chi connectivity index (χ3n) is 8.51. The van der Waals surface area contributed by atoms with E-state index < -0.39 is 24.0 Å². The zero-order chi connectivity index (χ0) is 34.4. The summed E-state index contributed by atoms with van der Waals surface area (Å²) in [5, 5.41) is 11.2. The van der Waals surface area contributed by atoms with Gasteiger partial charge < -0.3 is 34.2 Å². The molecule has 11 nitrogen and oxygen atoms in total. The minimum absolute atomic E-state index is 0.0811. The highest BCUT2D eigenvalue weighted by Gasteiger charge is 2.36. The molecule has 2 aliphatic heterocycles. The fourth-order valence-electron chi connectivity index (χ4n) is 5.77. The number of quaternary nitrogens is 1. The van der Waals surface area contributed by atoms with E-state index in [4.69, 9.17) is 14.6 Å². The van der Waals surface area contributed by atoms with Crippen LogP contribution in [-0.2, 0) is 27.2 Å². The lowest BCUT2D eigenvalue weighted by molar-refractivity contribution is -0.870. The molecule has 260 valence electrons. The van der Waals surface area contributed by atoms with Crippen molar-refractivity contribution in [1.82, 2.24) is 20.2 Å². The average molecular weight is 661 g/mol. The first-order chi connectivity index (χ1) is 22.4. The first-order valence-corrected chi connectivity index (χ1v) is 16.5. The summed E-state index contributed by atoms with van der Waals surface area (Å²) < 4.78 is 36.1. The second-order valence-corrected chi connectivity index (χ2v) is 13.4. The first-order valence-electron chi connectivity index (χ1n) is 16.5. The quantitative estimate of drug-likeness (QED) is 0.175. The third kappa shape index (κ3) is 12.3. The maximum atomic E-state index is 14.8. The molecule has 0 bridgehead atoms. The molecule has 1 aromatic carbocycles. The molecule has 2 aromatic rings. The Morgan fingerprint density at radius 2 is 1.70 bits per heavy atom. The minimum Gasteiger partial charge on any atom is -0.554 e. The van der Waals surface area contributed by atoms with Crippen LogP contribution in [0, 0.1) is 23.5 Å². The molecule has 0 spiro atoms. The van der Waals surface area contributed by atoms with Crippen molar-refractivity contribution in [2.45, 2.75) is 58.3 Å². The van der Waals surface area contributed by atoms with Crippen molar-refractivity contribution in [3.05, 3.63) is 47.3 Å². The number of anilines is 1. The normalized spacial score (nSPS) is 15.4. The maximum absolute atomic E-state index is 14.8. The smallest absolute Gasteiger partial charge is 0.227 e. The van der Waals surface area contributed by atoms with E-state index in [1.807, 2.05) is 12.4 Å². The number of piperidine rings is 1. The van der Waals surface area contributed by atoms with Gasteiger partial charge >= 0.3 is 0 Å². The number of carboxylic acid groups (broad SMARTS) is 1. The molecular formula is C34H50F2N6O5. The summed E-state index contributed by atoms with van der Waals surface area (Å²) in [5.41, 5.74) is 0.893. The van der Waals surface area contributed by atoms with Crippen molar-refractivity contribution >= 4 is 24.2 Å². The molecule has 2 aliphatic rings. The Labute approximate surface area is 276 Å². The monoisotopic (exact) mass is 660 g/mol. The highest BCUT2D eigenvalue weighted by Crippen LogP contribution is 2.26. The number of aryl methyl sites for hydroxylation is 1. The molecule has 0 aliphatic carbocycles. The molecule has 4 rings (SSSR count). The van der Waals surface area contributed by atoms with Gasteiger partial charge in [-0.05, 0) is 43.6 Å². The van der Waals surface area contributed by atoms with Crippen molar-refractivity contribution in [2.24, 2.45) is 11.8 Å². The maximum Gasteiger partial charge on any atom is 0.227 e. The van der Waals surface area contributed by atoms with Gasteiger partial charge in [-0.2, -0.15) is 0 Å². The number of benzene rings is 1. The number of nitrogens with one attached hydrogen (secondary N) is 1. The van der Waals surface area contributed by atoms with Crippen molar-refractivity contribution in [2.75, 3.05) is 71.9 Å². The number of ether oxygens (including phenoxy) is 1. The van der Waals surface area contributed by atoms with E-state index >= 15 is 0 Å². The molecule has 13 heteroatoms. The topological polar surface area (TPSA) is 128 Å². The summed E-state index contributed by atoms with van der Waals surface area (Å²) in [5.74, 6) is -0.858. The van der Waals surface area contributed by atoms with Crippen LogP contribution in [0.1, 0.15) is 56.6 Å². The van der Waals surface area contributed by atoms with E-state index in [9.17, 15) is 18.4 Å². The van der Waals surface area contributed by atoms with Gasteiger partial charge in [-0.25, -0.2) is 18.7 Å². The van der Waals surface area contributed by atoms with Gasteiger partial charge in [0.05, 0.1) is 46.6 Å². The van der Waals surface area contributed by atoms with Crippen LogP contribution >= 0.6 is 0 Å². The number of carbonyl (C=O) groups is 3. The summed E-state index contributed by atoms with van der Waals surface area (Å²) in [6, 6.07) is 2.30. The van der Waals surface area contributed by atoms with Gasteiger partial charge in [0.1, 0.15) is 17.4 Å². The second kappa shape index (κ2) is 18.5. The Morgan fingerprint density at radius 3 is 2.28 bits per heavy atom. The predicted molar refractivity (Wildman–Crippen MR) is 172 cm³/mol. The third-order valence-corrected chi connectivity index (χ3v) is 8.51. The average Bonchev–Trinajstić information content (AvgIpc) is 2.99.